The monoisotopic (exact) mass is 399 g/mol. The zero-order valence-corrected chi connectivity index (χ0v) is 17.2. The summed E-state index contributed by atoms with van der Waals surface area (Å²) < 4.78 is 7.81. The molecule has 2 heterocycles. The summed E-state index contributed by atoms with van der Waals surface area (Å²) in [6.45, 7) is 6.35. The van der Waals surface area contributed by atoms with Gasteiger partial charge in [0.15, 0.2) is 0 Å². The van der Waals surface area contributed by atoms with Gasteiger partial charge >= 0.3 is 5.97 Å². The summed E-state index contributed by atoms with van der Waals surface area (Å²) in [4.78, 5) is 24.4. The van der Waals surface area contributed by atoms with Crippen LogP contribution in [0.25, 0.3) is 5.69 Å². The van der Waals surface area contributed by atoms with Crippen molar-refractivity contribution in [1.29, 1.82) is 0 Å². The second-order valence-corrected chi connectivity index (χ2v) is 7.56. The molecular formula is C22H29N3O4. The van der Waals surface area contributed by atoms with Crippen molar-refractivity contribution in [3.8, 4) is 5.69 Å². The number of carboxylic acid groups (broad SMARTS) is 1. The molecule has 0 spiro atoms. The Kier molecular flexibility index (Phi) is 6.69. The fourth-order valence-electron chi connectivity index (χ4n) is 3.97. The number of amides is 1. The summed E-state index contributed by atoms with van der Waals surface area (Å²) in [6.07, 6.45) is 2.20. The van der Waals surface area contributed by atoms with Gasteiger partial charge in [-0.1, -0.05) is 38.0 Å². The Balaban J connectivity index is 1.83. The lowest BCUT2D eigenvalue weighted by Crippen LogP contribution is -2.44. The predicted molar refractivity (Wildman–Crippen MR) is 109 cm³/mol. The minimum Gasteiger partial charge on any atom is -0.480 e. The molecule has 1 aromatic heterocycles. The second-order valence-electron chi connectivity index (χ2n) is 7.56. The van der Waals surface area contributed by atoms with E-state index in [0.717, 1.165) is 35.5 Å². The molecule has 2 N–H and O–H groups in total. The number of aryl methyl sites for hydroxylation is 1. The number of rotatable bonds is 8. The number of carbonyl (C=O) groups excluding carboxylic acids is 1. The molecule has 29 heavy (non-hydrogen) atoms. The molecule has 1 aliphatic rings. The number of hydrogen-bond acceptors (Lipinski definition) is 4. The molecule has 1 unspecified atom stereocenters. The molecule has 3 atom stereocenters. The molecule has 1 aliphatic heterocycles. The lowest BCUT2D eigenvalue weighted by Gasteiger charge is -2.21. The highest BCUT2D eigenvalue weighted by atomic mass is 16.5. The number of para-hydroxylation sites is 1. The van der Waals surface area contributed by atoms with Crippen LogP contribution in [-0.2, 0) is 14.3 Å². The molecule has 0 saturated carbocycles. The average Bonchev–Trinajstić information content (AvgIpc) is 3.29. The third-order valence-electron chi connectivity index (χ3n) is 5.52. The smallest absolute Gasteiger partial charge is 0.326 e. The number of aliphatic carboxylic acids is 1. The van der Waals surface area contributed by atoms with Crippen molar-refractivity contribution < 1.29 is 19.4 Å². The maximum Gasteiger partial charge on any atom is 0.326 e. The standard InChI is InChI=1S/C22H29N3O4/c1-4-5-11-18(22(27)28)23-21(26)17-12-13-29-20(17)19-14(2)24-25(15(19)3)16-9-7-6-8-10-16/h6-10,17-18,20H,4-5,11-13H2,1-3H3,(H,23,26)(H,27,28)/t17-,18?,20-/m0/s1. The van der Waals surface area contributed by atoms with Gasteiger partial charge in [-0.3, -0.25) is 4.79 Å². The summed E-state index contributed by atoms with van der Waals surface area (Å²) in [6, 6.07) is 8.96. The fourth-order valence-corrected chi connectivity index (χ4v) is 3.97. The molecule has 1 saturated heterocycles. The van der Waals surface area contributed by atoms with E-state index in [1.807, 2.05) is 55.8 Å². The number of ether oxygens (including phenoxy) is 1. The van der Waals surface area contributed by atoms with E-state index in [4.69, 9.17) is 4.74 Å². The first-order valence-corrected chi connectivity index (χ1v) is 10.2. The molecule has 2 aromatic rings. The maximum absolute atomic E-state index is 12.9. The van der Waals surface area contributed by atoms with Crippen LogP contribution in [-0.4, -0.2) is 39.4 Å². The van der Waals surface area contributed by atoms with Crippen LogP contribution in [0.4, 0.5) is 0 Å². The van der Waals surface area contributed by atoms with Crippen LogP contribution in [0.3, 0.4) is 0 Å². The number of benzene rings is 1. The SMILES string of the molecule is CCCCC(NC(=O)[C@H]1CCO[C@@H]1c1c(C)nn(-c2ccccc2)c1C)C(=O)O. The van der Waals surface area contributed by atoms with Crippen molar-refractivity contribution >= 4 is 11.9 Å². The molecule has 0 aliphatic carbocycles. The molecule has 1 amide bonds. The third-order valence-corrected chi connectivity index (χ3v) is 5.52. The molecule has 0 bridgehead atoms. The molecule has 156 valence electrons. The highest BCUT2D eigenvalue weighted by Gasteiger charge is 2.39. The van der Waals surface area contributed by atoms with Gasteiger partial charge in [0, 0.05) is 17.9 Å². The van der Waals surface area contributed by atoms with Crippen LogP contribution in [0.15, 0.2) is 30.3 Å². The van der Waals surface area contributed by atoms with E-state index in [1.165, 1.54) is 0 Å². The average molecular weight is 399 g/mol. The minimum atomic E-state index is -0.994. The zero-order valence-electron chi connectivity index (χ0n) is 17.2. The number of carbonyl (C=O) groups is 2. The van der Waals surface area contributed by atoms with Crippen LogP contribution in [0.1, 0.15) is 55.7 Å². The van der Waals surface area contributed by atoms with Crippen LogP contribution in [0, 0.1) is 19.8 Å². The summed E-state index contributed by atoms with van der Waals surface area (Å²) in [5.41, 5.74) is 3.60. The summed E-state index contributed by atoms with van der Waals surface area (Å²) in [7, 11) is 0. The Hall–Kier alpha value is -2.67. The van der Waals surface area contributed by atoms with E-state index >= 15 is 0 Å². The van der Waals surface area contributed by atoms with E-state index in [-0.39, 0.29) is 5.91 Å². The van der Waals surface area contributed by atoms with Crippen molar-refractivity contribution in [2.75, 3.05) is 6.61 Å². The second kappa shape index (κ2) is 9.22. The zero-order chi connectivity index (χ0) is 21.0. The van der Waals surface area contributed by atoms with E-state index in [2.05, 4.69) is 10.4 Å². The summed E-state index contributed by atoms with van der Waals surface area (Å²) in [5, 5.41) is 16.8. The topological polar surface area (TPSA) is 93.5 Å². The third kappa shape index (κ3) is 4.50. The van der Waals surface area contributed by atoms with Gasteiger partial charge in [-0.25, -0.2) is 9.48 Å². The van der Waals surface area contributed by atoms with Crippen molar-refractivity contribution in [3.05, 3.63) is 47.3 Å². The maximum atomic E-state index is 12.9. The first-order chi connectivity index (χ1) is 13.9. The predicted octanol–water partition coefficient (Wildman–Crippen LogP) is 3.33. The van der Waals surface area contributed by atoms with E-state index in [9.17, 15) is 14.7 Å². The van der Waals surface area contributed by atoms with Gasteiger partial charge in [-0.05, 0) is 38.8 Å². The number of nitrogens with one attached hydrogen (secondary N) is 1. The fraction of sp³-hybridized carbons (Fsp3) is 0.500. The Labute approximate surface area is 171 Å². The molecule has 1 aromatic carbocycles. The molecule has 3 rings (SSSR count). The van der Waals surface area contributed by atoms with Crippen molar-refractivity contribution in [2.24, 2.45) is 5.92 Å². The first-order valence-electron chi connectivity index (χ1n) is 10.2. The lowest BCUT2D eigenvalue weighted by molar-refractivity contribution is -0.143. The van der Waals surface area contributed by atoms with Gasteiger partial charge in [0.1, 0.15) is 6.04 Å². The highest BCUT2D eigenvalue weighted by Crippen LogP contribution is 2.38. The largest absolute Gasteiger partial charge is 0.480 e. The normalized spacial score (nSPS) is 19.8. The Morgan fingerprint density at radius 3 is 2.69 bits per heavy atom. The molecule has 1 fully saturated rings. The van der Waals surface area contributed by atoms with E-state index < -0.39 is 24.0 Å². The quantitative estimate of drug-likeness (QED) is 0.710. The highest BCUT2D eigenvalue weighted by molar-refractivity contribution is 5.85. The molecule has 0 radical (unpaired) electrons. The van der Waals surface area contributed by atoms with Gasteiger partial charge in [-0.2, -0.15) is 5.10 Å². The van der Waals surface area contributed by atoms with Crippen molar-refractivity contribution in [2.45, 2.75) is 58.6 Å². The molecular weight excluding hydrogens is 370 g/mol. The van der Waals surface area contributed by atoms with Crippen LogP contribution < -0.4 is 5.32 Å². The van der Waals surface area contributed by atoms with Gasteiger partial charge in [0.05, 0.1) is 23.4 Å². The van der Waals surface area contributed by atoms with Gasteiger partial charge in [0.25, 0.3) is 0 Å². The summed E-state index contributed by atoms with van der Waals surface area (Å²) in [5.74, 6) is -1.68. The van der Waals surface area contributed by atoms with Gasteiger partial charge < -0.3 is 15.2 Å². The summed E-state index contributed by atoms with van der Waals surface area (Å²) >= 11 is 0. The van der Waals surface area contributed by atoms with Crippen LogP contribution in [0.2, 0.25) is 0 Å². The van der Waals surface area contributed by atoms with Crippen molar-refractivity contribution in [1.82, 2.24) is 15.1 Å². The number of hydrogen-bond donors (Lipinski definition) is 2. The first kappa shape index (κ1) is 21.0. The molecule has 7 nitrogen and oxygen atoms in total. The Morgan fingerprint density at radius 2 is 2.03 bits per heavy atom. The number of unbranched alkanes of at least 4 members (excludes halogenated alkanes) is 1. The lowest BCUT2D eigenvalue weighted by atomic mass is 9.92. The van der Waals surface area contributed by atoms with Gasteiger partial charge in [0.2, 0.25) is 5.91 Å². The minimum absolute atomic E-state index is 0.262. The van der Waals surface area contributed by atoms with Crippen LogP contribution in [0.5, 0.6) is 0 Å². The van der Waals surface area contributed by atoms with E-state index in [0.29, 0.717) is 19.4 Å². The number of nitrogens with zero attached hydrogens (tertiary/aromatic N) is 2. The molecule has 7 heteroatoms. The Bertz CT molecular complexity index is 862. The van der Waals surface area contributed by atoms with Crippen LogP contribution >= 0.6 is 0 Å². The van der Waals surface area contributed by atoms with Crippen molar-refractivity contribution in [3.63, 3.8) is 0 Å². The Morgan fingerprint density at radius 1 is 1.31 bits per heavy atom. The number of carboxylic acids is 1. The van der Waals surface area contributed by atoms with Gasteiger partial charge in [-0.15, -0.1) is 0 Å². The number of aromatic nitrogens is 2. The van der Waals surface area contributed by atoms with E-state index in [1.54, 1.807) is 0 Å².